The van der Waals surface area contributed by atoms with Gasteiger partial charge in [0.15, 0.2) is 0 Å². The molecule has 0 unspecified atom stereocenters. The molecule has 0 radical (unpaired) electrons. The van der Waals surface area contributed by atoms with Crippen LogP contribution in [0.2, 0.25) is 0 Å². The van der Waals surface area contributed by atoms with Crippen LogP contribution in [0.3, 0.4) is 0 Å². The molecule has 0 saturated carbocycles. The van der Waals surface area contributed by atoms with Crippen molar-refractivity contribution in [2.45, 2.75) is 45.3 Å². The Kier molecular flexibility index (Phi) is 6.70. The molecular weight excluding hydrogens is 316 g/mol. The van der Waals surface area contributed by atoms with Gasteiger partial charge in [-0.2, -0.15) is 0 Å². The van der Waals surface area contributed by atoms with Crippen LogP contribution in [-0.4, -0.2) is 44.9 Å². The van der Waals surface area contributed by atoms with Gasteiger partial charge in [0.2, 0.25) is 5.91 Å². The Morgan fingerprint density at radius 2 is 2.08 bits per heavy atom. The molecule has 25 heavy (non-hydrogen) atoms. The molecule has 5 heteroatoms. The zero-order valence-corrected chi connectivity index (χ0v) is 15.3. The molecule has 138 valence electrons. The van der Waals surface area contributed by atoms with Crippen LogP contribution in [0.1, 0.15) is 38.2 Å². The Morgan fingerprint density at radius 1 is 1.28 bits per heavy atom. The Morgan fingerprint density at radius 3 is 2.80 bits per heavy atom. The van der Waals surface area contributed by atoms with Gasteiger partial charge >= 0.3 is 0 Å². The lowest BCUT2D eigenvalue weighted by Crippen LogP contribution is -3.11. The van der Waals surface area contributed by atoms with E-state index in [1.807, 2.05) is 19.1 Å². The van der Waals surface area contributed by atoms with Gasteiger partial charge in [0.1, 0.15) is 12.3 Å². The molecule has 2 heterocycles. The lowest BCUT2D eigenvalue weighted by Gasteiger charge is -2.29. The highest BCUT2D eigenvalue weighted by Crippen LogP contribution is 2.18. The zero-order chi connectivity index (χ0) is 17.5. The number of nitrogens with one attached hydrogen (secondary N) is 2. The maximum atomic E-state index is 12.4. The topological polar surface area (TPSA) is 52.0 Å². The van der Waals surface area contributed by atoms with Crippen molar-refractivity contribution in [2.75, 3.05) is 32.8 Å². The smallest absolute Gasteiger partial charge is 0.223 e. The van der Waals surface area contributed by atoms with Crippen molar-refractivity contribution < 1.29 is 19.2 Å². The highest BCUT2D eigenvalue weighted by Gasteiger charge is 2.28. The number of hydrogen-bond acceptors (Lipinski definition) is 3. The minimum Gasteiger partial charge on any atom is -0.493 e. The van der Waals surface area contributed by atoms with Crippen molar-refractivity contribution in [2.24, 2.45) is 5.92 Å². The predicted octanol–water partition coefficient (Wildman–Crippen LogP) is 1.18. The highest BCUT2D eigenvalue weighted by molar-refractivity contribution is 5.78. The van der Waals surface area contributed by atoms with Crippen molar-refractivity contribution in [3.05, 3.63) is 29.8 Å². The average Bonchev–Trinajstić information content (AvgIpc) is 3.16. The van der Waals surface area contributed by atoms with Crippen LogP contribution >= 0.6 is 0 Å². The molecule has 0 aliphatic carbocycles. The highest BCUT2D eigenvalue weighted by atomic mass is 16.5. The van der Waals surface area contributed by atoms with E-state index in [4.69, 9.17) is 9.47 Å². The molecular formula is C20H31N2O3+. The van der Waals surface area contributed by atoms with Crippen molar-refractivity contribution >= 4 is 5.91 Å². The Labute approximate surface area is 150 Å². The average molecular weight is 347 g/mol. The molecule has 0 aromatic heterocycles. The van der Waals surface area contributed by atoms with Crippen molar-refractivity contribution in [3.63, 3.8) is 0 Å². The van der Waals surface area contributed by atoms with Gasteiger partial charge < -0.3 is 19.7 Å². The lowest BCUT2D eigenvalue weighted by molar-refractivity contribution is -0.919. The molecule has 0 spiro atoms. The second-order valence-electron chi connectivity index (χ2n) is 7.12. The summed E-state index contributed by atoms with van der Waals surface area (Å²) in [5.74, 6) is 1.37. The number of likely N-dealkylation sites (tertiary alicyclic amines) is 1. The van der Waals surface area contributed by atoms with E-state index >= 15 is 0 Å². The maximum Gasteiger partial charge on any atom is 0.223 e. The molecule has 1 amide bonds. The Bertz CT molecular complexity index is 550. The first-order chi connectivity index (χ1) is 12.3. The standard InChI is InChI=1S/C20H30N2O3/c1-2-24-19-8-4-3-6-17(19)15-22-11-9-16(10-12-22)20(23)21-14-18-7-5-13-25-18/h3-4,6,8,16,18H,2,5,7,9-15H2,1H3,(H,21,23)/p+1/t18-/m1/s1. The number of quaternary nitrogens is 1. The number of carbonyl (C=O) groups is 1. The van der Waals surface area contributed by atoms with Crippen molar-refractivity contribution in [3.8, 4) is 5.75 Å². The third kappa shape index (κ3) is 5.19. The first-order valence-electron chi connectivity index (χ1n) is 9.70. The van der Waals surface area contributed by atoms with E-state index < -0.39 is 0 Å². The van der Waals surface area contributed by atoms with Crippen LogP contribution in [0, 0.1) is 5.92 Å². The van der Waals surface area contributed by atoms with Crippen LogP contribution in [0.25, 0.3) is 0 Å². The largest absolute Gasteiger partial charge is 0.493 e. The molecule has 5 nitrogen and oxygen atoms in total. The number of amides is 1. The fourth-order valence-electron chi connectivity index (χ4n) is 3.84. The van der Waals surface area contributed by atoms with Crippen molar-refractivity contribution in [1.29, 1.82) is 0 Å². The van der Waals surface area contributed by atoms with Crippen LogP contribution < -0.4 is 15.0 Å². The number of piperidine rings is 1. The number of ether oxygens (including phenoxy) is 2. The van der Waals surface area contributed by atoms with Gasteiger partial charge in [-0.05, 0) is 31.9 Å². The third-order valence-corrected chi connectivity index (χ3v) is 5.30. The SMILES string of the molecule is CCOc1ccccc1C[NH+]1CCC(C(=O)NC[C@H]2CCCO2)CC1. The predicted molar refractivity (Wildman–Crippen MR) is 96.7 cm³/mol. The summed E-state index contributed by atoms with van der Waals surface area (Å²) in [6.45, 7) is 7.28. The second kappa shape index (κ2) is 9.20. The summed E-state index contributed by atoms with van der Waals surface area (Å²) < 4.78 is 11.3. The fourth-order valence-corrected chi connectivity index (χ4v) is 3.84. The molecule has 1 aromatic carbocycles. The zero-order valence-electron chi connectivity index (χ0n) is 15.3. The maximum absolute atomic E-state index is 12.4. The van der Waals surface area contributed by atoms with Crippen LogP contribution in [0.15, 0.2) is 24.3 Å². The second-order valence-corrected chi connectivity index (χ2v) is 7.12. The third-order valence-electron chi connectivity index (χ3n) is 5.30. The van der Waals surface area contributed by atoms with Gasteiger partial charge in [-0.3, -0.25) is 4.79 Å². The summed E-state index contributed by atoms with van der Waals surface area (Å²) >= 11 is 0. The van der Waals surface area contributed by atoms with E-state index in [0.717, 1.165) is 57.7 Å². The minimum atomic E-state index is 0.160. The lowest BCUT2D eigenvalue weighted by atomic mass is 9.95. The number of hydrogen-bond donors (Lipinski definition) is 2. The van der Waals surface area contributed by atoms with Crippen LogP contribution in [0.5, 0.6) is 5.75 Å². The van der Waals surface area contributed by atoms with Gasteiger partial charge in [-0.25, -0.2) is 0 Å². The molecule has 2 aliphatic heterocycles. The Balaban J connectivity index is 1.43. The van der Waals surface area contributed by atoms with Gasteiger partial charge in [0.25, 0.3) is 0 Å². The van der Waals surface area contributed by atoms with Gasteiger partial charge in [0, 0.05) is 37.5 Å². The van der Waals surface area contributed by atoms with E-state index in [-0.39, 0.29) is 17.9 Å². The molecule has 1 aromatic rings. The Hall–Kier alpha value is -1.59. The molecule has 1 atom stereocenters. The van der Waals surface area contributed by atoms with Gasteiger partial charge in [-0.15, -0.1) is 0 Å². The summed E-state index contributed by atoms with van der Waals surface area (Å²) in [6, 6.07) is 8.29. The van der Waals surface area contributed by atoms with E-state index in [0.29, 0.717) is 13.2 Å². The van der Waals surface area contributed by atoms with Crippen LogP contribution in [-0.2, 0) is 16.1 Å². The minimum absolute atomic E-state index is 0.160. The van der Waals surface area contributed by atoms with Gasteiger partial charge in [-0.1, -0.05) is 12.1 Å². The van der Waals surface area contributed by atoms with Crippen molar-refractivity contribution in [1.82, 2.24) is 5.32 Å². The summed E-state index contributed by atoms with van der Waals surface area (Å²) in [4.78, 5) is 13.9. The monoisotopic (exact) mass is 347 g/mol. The first-order valence-corrected chi connectivity index (χ1v) is 9.70. The van der Waals surface area contributed by atoms with E-state index in [2.05, 4.69) is 17.4 Å². The van der Waals surface area contributed by atoms with E-state index in [9.17, 15) is 4.79 Å². The normalized spacial score (nSPS) is 26.4. The number of carbonyl (C=O) groups excluding carboxylic acids is 1. The fraction of sp³-hybridized carbons (Fsp3) is 0.650. The van der Waals surface area contributed by atoms with Crippen LogP contribution in [0.4, 0.5) is 0 Å². The van der Waals surface area contributed by atoms with Gasteiger partial charge in [0.05, 0.1) is 25.8 Å². The number of rotatable bonds is 7. The molecule has 2 fully saturated rings. The van der Waals surface area contributed by atoms with E-state index in [1.165, 1.54) is 10.5 Å². The molecule has 2 N–H and O–H groups in total. The summed E-state index contributed by atoms with van der Waals surface area (Å²) in [7, 11) is 0. The summed E-state index contributed by atoms with van der Waals surface area (Å²) in [6.07, 6.45) is 4.34. The summed E-state index contributed by atoms with van der Waals surface area (Å²) in [5.41, 5.74) is 1.26. The molecule has 0 bridgehead atoms. The number of para-hydroxylation sites is 1. The molecule has 2 saturated heterocycles. The molecule has 3 rings (SSSR count). The molecule has 2 aliphatic rings. The summed E-state index contributed by atoms with van der Waals surface area (Å²) in [5, 5.41) is 3.09. The number of benzene rings is 1. The quantitative estimate of drug-likeness (QED) is 0.779. The van der Waals surface area contributed by atoms with E-state index in [1.54, 1.807) is 0 Å². The first kappa shape index (κ1) is 18.2.